The van der Waals surface area contributed by atoms with E-state index in [1.165, 1.54) is 0 Å². The molecule has 3 nitrogen and oxygen atoms in total. The largest absolute Gasteiger partial charge is 0.507 e. The summed E-state index contributed by atoms with van der Waals surface area (Å²) >= 11 is 0. The van der Waals surface area contributed by atoms with Gasteiger partial charge in [0.2, 0.25) is 0 Å². The Morgan fingerprint density at radius 2 is 1.61 bits per heavy atom. The van der Waals surface area contributed by atoms with Crippen molar-refractivity contribution in [1.29, 1.82) is 0 Å². The first-order valence-electron chi connectivity index (χ1n) is 7.98. The number of aromatic hydroxyl groups is 1. The Labute approximate surface area is 140 Å². The molecule has 23 heavy (non-hydrogen) atoms. The second-order valence-electron chi connectivity index (χ2n) is 8.61. The molecule has 0 bridgehead atoms. The zero-order valence-electron chi connectivity index (χ0n) is 15.4. The molecule has 0 fully saturated rings. The van der Waals surface area contributed by atoms with Crippen LogP contribution < -0.4 is 0 Å². The van der Waals surface area contributed by atoms with Gasteiger partial charge >= 0.3 is 5.97 Å². The monoisotopic (exact) mass is 318 g/mol. The zero-order chi connectivity index (χ0) is 18.2. The van der Waals surface area contributed by atoms with E-state index in [-0.39, 0.29) is 22.1 Å². The second kappa shape index (κ2) is 6.38. The summed E-state index contributed by atoms with van der Waals surface area (Å²) in [4.78, 5) is 11.2. The van der Waals surface area contributed by atoms with Crippen LogP contribution in [0.2, 0.25) is 0 Å². The Morgan fingerprint density at radius 3 is 1.96 bits per heavy atom. The van der Waals surface area contributed by atoms with Crippen LogP contribution in [0.25, 0.3) is 0 Å². The van der Waals surface area contributed by atoms with E-state index in [0.29, 0.717) is 17.9 Å². The number of carbonyl (C=O) groups is 1. The maximum Gasteiger partial charge on any atom is 0.339 e. The number of aromatic carboxylic acids is 1. The summed E-state index contributed by atoms with van der Waals surface area (Å²) in [6, 6.07) is 3.38. The summed E-state index contributed by atoms with van der Waals surface area (Å²) in [7, 11) is 0. The van der Waals surface area contributed by atoms with E-state index in [2.05, 4.69) is 48.1 Å². The highest BCUT2D eigenvalue weighted by molar-refractivity contribution is 5.92. The molecule has 128 valence electrons. The lowest BCUT2D eigenvalue weighted by Gasteiger charge is -2.42. The van der Waals surface area contributed by atoms with Gasteiger partial charge in [-0.05, 0) is 47.3 Å². The molecule has 0 atom stereocenters. The fourth-order valence-corrected chi connectivity index (χ4v) is 4.11. The fraction of sp³-hybridized carbons (Fsp3) is 0.550. The van der Waals surface area contributed by atoms with Gasteiger partial charge in [-0.25, -0.2) is 4.79 Å². The first-order chi connectivity index (χ1) is 10.2. The van der Waals surface area contributed by atoms with Gasteiger partial charge in [-0.1, -0.05) is 59.8 Å². The predicted octanol–water partition coefficient (Wildman–Crippen LogP) is 5.21. The van der Waals surface area contributed by atoms with Gasteiger partial charge < -0.3 is 10.2 Å². The van der Waals surface area contributed by atoms with Crippen LogP contribution >= 0.6 is 0 Å². The van der Waals surface area contributed by atoms with Crippen LogP contribution in [0, 0.1) is 23.7 Å². The van der Waals surface area contributed by atoms with Crippen molar-refractivity contribution in [3.8, 4) is 5.75 Å². The van der Waals surface area contributed by atoms with Crippen LogP contribution in [-0.2, 0) is 6.42 Å². The second-order valence-corrected chi connectivity index (χ2v) is 8.61. The van der Waals surface area contributed by atoms with Gasteiger partial charge in [0.1, 0.15) is 11.3 Å². The van der Waals surface area contributed by atoms with Crippen molar-refractivity contribution in [2.45, 2.75) is 54.9 Å². The van der Waals surface area contributed by atoms with Gasteiger partial charge in [0.15, 0.2) is 0 Å². The van der Waals surface area contributed by atoms with Crippen LogP contribution in [-0.4, -0.2) is 16.2 Å². The van der Waals surface area contributed by atoms with Gasteiger partial charge in [-0.2, -0.15) is 0 Å². The lowest BCUT2D eigenvalue weighted by atomic mass is 9.63. The molecule has 0 aliphatic carbocycles. The zero-order valence-corrected chi connectivity index (χ0v) is 15.4. The van der Waals surface area contributed by atoms with Gasteiger partial charge in [-0.3, -0.25) is 0 Å². The van der Waals surface area contributed by atoms with Crippen molar-refractivity contribution in [1.82, 2.24) is 0 Å². The fourth-order valence-electron chi connectivity index (χ4n) is 4.11. The third kappa shape index (κ3) is 4.60. The van der Waals surface area contributed by atoms with E-state index in [9.17, 15) is 9.90 Å². The molecule has 1 rings (SSSR count). The summed E-state index contributed by atoms with van der Waals surface area (Å²) < 4.78 is 0. The molecule has 0 aliphatic heterocycles. The number of aryl methyl sites for hydroxylation is 1. The Hall–Kier alpha value is -1.77. The molecule has 0 amide bonds. The van der Waals surface area contributed by atoms with Crippen LogP contribution in [0.15, 0.2) is 24.3 Å². The van der Waals surface area contributed by atoms with Gasteiger partial charge in [0, 0.05) is 0 Å². The maximum absolute atomic E-state index is 11.2. The Bertz CT molecular complexity index is 576. The van der Waals surface area contributed by atoms with Crippen LogP contribution in [0.5, 0.6) is 5.75 Å². The van der Waals surface area contributed by atoms with E-state index in [0.717, 1.165) is 11.1 Å². The average molecular weight is 318 g/mol. The van der Waals surface area contributed by atoms with Crippen molar-refractivity contribution in [3.63, 3.8) is 0 Å². The molecule has 1 aromatic carbocycles. The number of phenols is 1. The number of hydrogen-bond acceptors (Lipinski definition) is 2. The predicted molar refractivity (Wildman–Crippen MR) is 95.0 cm³/mol. The minimum absolute atomic E-state index is 0.0254. The summed E-state index contributed by atoms with van der Waals surface area (Å²) in [5.41, 5.74) is 2.70. The van der Waals surface area contributed by atoms with Crippen LogP contribution in [0.1, 0.15) is 63.0 Å². The Kier molecular flexibility index (Phi) is 5.35. The lowest BCUT2D eigenvalue weighted by molar-refractivity contribution is 0.0693. The molecule has 0 saturated heterocycles. The Morgan fingerprint density at radius 1 is 1.13 bits per heavy atom. The molecule has 1 aromatic rings. The summed E-state index contributed by atoms with van der Waals surface area (Å²) in [5.74, 6) is -0.979. The number of carboxylic acid groups (broad SMARTS) is 1. The molecule has 0 aromatic heterocycles. The van der Waals surface area contributed by atoms with E-state index < -0.39 is 5.97 Å². The van der Waals surface area contributed by atoms with E-state index in [1.54, 1.807) is 13.0 Å². The highest BCUT2D eigenvalue weighted by Gasteiger charge is 2.36. The van der Waals surface area contributed by atoms with E-state index in [1.807, 2.05) is 6.07 Å². The highest BCUT2D eigenvalue weighted by Crippen LogP contribution is 2.45. The highest BCUT2D eigenvalue weighted by atomic mass is 16.4. The van der Waals surface area contributed by atoms with Crippen LogP contribution in [0.3, 0.4) is 0 Å². The molecule has 0 radical (unpaired) electrons. The summed E-state index contributed by atoms with van der Waals surface area (Å²) in [6.45, 7) is 19.3. The molecular formula is C20H30O3. The van der Waals surface area contributed by atoms with Crippen molar-refractivity contribution < 1.29 is 15.0 Å². The van der Waals surface area contributed by atoms with Gasteiger partial charge in [-0.15, -0.1) is 0 Å². The third-order valence-electron chi connectivity index (χ3n) is 4.16. The minimum Gasteiger partial charge on any atom is -0.507 e. The molecule has 3 heteroatoms. The van der Waals surface area contributed by atoms with Crippen LogP contribution in [0.4, 0.5) is 0 Å². The molecule has 0 saturated carbocycles. The quantitative estimate of drug-likeness (QED) is 0.750. The third-order valence-corrected chi connectivity index (χ3v) is 4.16. The molecule has 0 spiro atoms. The number of hydrogen-bond donors (Lipinski definition) is 2. The SMILES string of the molecule is C=C(Cc1cc(C)c(C(=O)O)c(O)c1)C(C(C)(C)C)C(C)(C)C. The number of rotatable bonds is 4. The van der Waals surface area contributed by atoms with Crippen molar-refractivity contribution in [2.24, 2.45) is 16.7 Å². The number of carboxylic acids is 1. The standard InChI is InChI=1S/C20H30O3/c1-12-9-14(11-15(21)16(12)18(22)23)10-13(2)17(19(3,4)5)20(6,7)8/h9,11,17,21H,2,10H2,1,3-8H3,(H,22,23). The van der Waals surface area contributed by atoms with Crippen molar-refractivity contribution >= 4 is 5.97 Å². The minimum atomic E-state index is -1.10. The molecule has 0 aliphatic rings. The molecule has 0 unspecified atom stereocenters. The maximum atomic E-state index is 11.2. The average Bonchev–Trinajstić information content (AvgIpc) is 2.21. The number of allylic oxidation sites excluding steroid dienone is 1. The first kappa shape index (κ1) is 19.3. The van der Waals surface area contributed by atoms with E-state index in [4.69, 9.17) is 5.11 Å². The summed E-state index contributed by atoms with van der Waals surface area (Å²) in [6.07, 6.45) is 0.632. The van der Waals surface area contributed by atoms with E-state index >= 15 is 0 Å². The van der Waals surface area contributed by atoms with Crippen molar-refractivity contribution in [2.75, 3.05) is 0 Å². The molecule has 2 N–H and O–H groups in total. The van der Waals surface area contributed by atoms with Crippen molar-refractivity contribution in [3.05, 3.63) is 41.0 Å². The Balaban J connectivity index is 3.17. The summed E-state index contributed by atoms with van der Waals surface area (Å²) in [5, 5.41) is 19.1. The van der Waals surface area contributed by atoms with Gasteiger partial charge in [0.05, 0.1) is 0 Å². The lowest BCUT2D eigenvalue weighted by Crippen LogP contribution is -2.34. The first-order valence-corrected chi connectivity index (χ1v) is 7.98. The topological polar surface area (TPSA) is 57.5 Å². The molecular weight excluding hydrogens is 288 g/mol. The smallest absolute Gasteiger partial charge is 0.339 e. The number of benzene rings is 1. The van der Waals surface area contributed by atoms with Gasteiger partial charge in [0.25, 0.3) is 0 Å². The molecule has 0 heterocycles. The normalized spacial score (nSPS) is 12.5.